The molecule has 0 spiro atoms. The topological polar surface area (TPSA) is 63.8 Å². The molecule has 0 aromatic carbocycles. The van der Waals surface area contributed by atoms with Crippen molar-refractivity contribution in [2.24, 2.45) is 5.73 Å². The molecule has 1 unspecified atom stereocenters. The molecule has 0 aliphatic carbocycles. The number of nitrogens with two attached hydrogens (primary N) is 1. The molecule has 0 radical (unpaired) electrons. The number of nitrogens with one attached hydrogen (secondary N) is 1. The third-order valence-electron chi connectivity index (χ3n) is 1.95. The molecular weight excluding hydrogens is 183 g/mol. The SMILES string of the molecule is Cc1ncnc(NC(C)CCN)c1F. The Labute approximate surface area is 82.8 Å². The summed E-state index contributed by atoms with van der Waals surface area (Å²) in [6, 6.07) is 0.115. The molecule has 0 bridgehead atoms. The zero-order valence-corrected chi connectivity index (χ0v) is 8.42. The van der Waals surface area contributed by atoms with Gasteiger partial charge in [-0.2, -0.15) is 0 Å². The first-order valence-corrected chi connectivity index (χ1v) is 4.59. The van der Waals surface area contributed by atoms with Crippen molar-refractivity contribution in [1.29, 1.82) is 0 Å². The van der Waals surface area contributed by atoms with Crippen molar-refractivity contribution in [1.82, 2.24) is 9.97 Å². The third kappa shape index (κ3) is 2.63. The Balaban J connectivity index is 2.71. The Morgan fingerprint density at radius 1 is 1.57 bits per heavy atom. The molecule has 0 amide bonds. The highest BCUT2D eigenvalue weighted by Gasteiger charge is 2.09. The molecule has 0 saturated heterocycles. The van der Waals surface area contributed by atoms with Crippen LogP contribution in [0.1, 0.15) is 19.0 Å². The molecule has 0 aliphatic heterocycles. The quantitative estimate of drug-likeness (QED) is 0.759. The van der Waals surface area contributed by atoms with Gasteiger partial charge in [0.2, 0.25) is 0 Å². The summed E-state index contributed by atoms with van der Waals surface area (Å²) in [4.78, 5) is 7.57. The molecule has 4 nitrogen and oxygen atoms in total. The van der Waals surface area contributed by atoms with Crippen LogP contribution in [0.25, 0.3) is 0 Å². The van der Waals surface area contributed by atoms with Crippen LogP contribution in [0.4, 0.5) is 10.2 Å². The average molecular weight is 198 g/mol. The lowest BCUT2D eigenvalue weighted by Gasteiger charge is -2.13. The molecule has 0 saturated carbocycles. The van der Waals surface area contributed by atoms with E-state index in [-0.39, 0.29) is 11.9 Å². The second-order valence-electron chi connectivity index (χ2n) is 3.24. The summed E-state index contributed by atoms with van der Waals surface area (Å²) in [6.45, 7) is 4.11. The maximum absolute atomic E-state index is 13.4. The fourth-order valence-corrected chi connectivity index (χ4v) is 1.11. The molecule has 3 N–H and O–H groups in total. The number of rotatable bonds is 4. The number of halogens is 1. The van der Waals surface area contributed by atoms with Crippen LogP contribution in [0, 0.1) is 12.7 Å². The van der Waals surface area contributed by atoms with Crippen molar-refractivity contribution in [3.8, 4) is 0 Å². The molecule has 0 aliphatic rings. The molecule has 1 aromatic rings. The average Bonchev–Trinajstić information content (AvgIpc) is 2.13. The van der Waals surface area contributed by atoms with Crippen molar-refractivity contribution in [2.45, 2.75) is 26.3 Å². The van der Waals surface area contributed by atoms with Gasteiger partial charge in [-0.25, -0.2) is 14.4 Å². The van der Waals surface area contributed by atoms with E-state index in [1.807, 2.05) is 6.92 Å². The van der Waals surface area contributed by atoms with Gasteiger partial charge < -0.3 is 11.1 Å². The summed E-state index contributed by atoms with van der Waals surface area (Å²) >= 11 is 0. The number of nitrogens with zero attached hydrogens (tertiary/aromatic N) is 2. The van der Waals surface area contributed by atoms with E-state index in [0.29, 0.717) is 12.2 Å². The normalized spacial score (nSPS) is 12.6. The van der Waals surface area contributed by atoms with E-state index in [4.69, 9.17) is 5.73 Å². The van der Waals surface area contributed by atoms with E-state index in [1.54, 1.807) is 6.92 Å². The van der Waals surface area contributed by atoms with Gasteiger partial charge in [0, 0.05) is 6.04 Å². The van der Waals surface area contributed by atoms with Crippen LogP contribution in [0.5, 0.6) is 0 Å². The molecule has 1 rings (SSSR count). The van der Waals surface area contributed by atoms with Crippen molar-refractivity contribution in [3.63, 3.8) is 0 Å². The zero-order chi connectivity index (χ0) is 10.6. The number of anilines is 1. The highest BCUT2D eigenvalue weighted by molar-refractivity contribution is 5.37. The van der Waals surface area contributed by atoms with E-state index in [2.05, 4.69) is 15.3 Å². The van der Waals surface area contributed by atoms with Gasteiger partial charge in [-0.1, -0.05) is 0 Å². The van der Waals surface area contributed by atoms with Crippen LogP contribution < -0.4 is 11.1 Å². The maximum Gasteiger partial charge on any atom is 0.186 e. The van der Waals surface area contributed by atoms with Crippen molar-refractivity contribution < 1.29 is 4.39 Å². The number of hydrogen-bond donors (Lipinski definition) is 2. The van der Waals surface area contributed by atoms with Crippen molar-refractivity contribution in [3.05, 3.63) is 17.8 Å². The molecule has 1 heterocycles. The minimum Gasteiger partial charge on any atom is -0.365 e. The van der Waals surface area contributed by atoms with E-state index in [0.717, 1.165) is 6.42 Å². The Morgan fingerprint density at radius 2 is 2.29 bits per heavy atom. The molecule has 78 valence electrons. The summed E-state index contributed by atoms with van der Waals surface area (Å²) in [5.41, 5.74) is 5.73. The summed E-state index contributed by atoms with van der Waals surface area (Å²) in [7, 11) is 0. The predicted molar refractivity (Wildman–Crippen MR) is 53.5 cm³/mol. The van der Waals surface area contributed by atoms with Crippen LogP contribution in [-0.4, -0.2) is 22.6 Å². The molecule has 5 heteroatoms. The Hall–Kier alpha value is -1.23. The molecule has 14 heavy (non-hydrogen) atoms. The minimum atomic E-state index is -0.392. The van der Waals surface area contributed by atoms with E-state index in [1.165, 1.54) is 6.33 Å². The van der Waals surface area contributed by atoms with Gasteiger partial charge in [-0.05, 0) is 26.8 Å². The zero-order valence-electron chi connectivity index (χ0n) is 8.42. The number of hydrogen-bond acceptors (Lipinski definition) is 4. The maximum atomic E-state index is 13.4. The van der Waals surface area contributed by atoms with Crippen molar-refractivity contribution in [2.75, 3.05) is 11.9 Å². The van der Waals surface area contributed by atoms with Gasteiger partial charge in [0.1, 0.15) is 6.33 Å². The first-order chi connectivity index (χ1) is 6.65. The smallest absolute Gasteiger partial charge is 0.186 e. The lowest BCUT2D eigenvalue weighted by atomic mass is 10.2. The van der Waals surface area contributed by atoms with Crippen LogP contribution in [0.15, 0.2) is 6.33 Å². The van der Waals surface area contributed by atoms with Gasteiger partial charge in [0.25, 0.3) is 0 Å². The van der Waals surface area contributed by atoms with Gasteiger partial charge in [-0.15, -0.1) is 0 Å². The fraction of sp³-hybridized carbons (Fsp3) is 0.556. The van der Waals surface area contributed by atoms with E-state index < -0.39 is 5.82 Å². The van der Waals surface area contributed by atoms with Gasteiger partial charge in [-0.3, -0.25) is 0 Å². The highest BCUT2D eigenvalue weighted by Crippen LogP contribution is 2.13. The molecule has 1 aromatic heterocycles. The second kappa shape index (κ2) is 4.85. The van der Waals surface area contributed by atoms with Gasteiger partial charge in [0.15, 0.2) is 11.6 Å². The van der Waals surface area contributed by atoms with E-state index >= 15 is 0 Å². The number of aryl methyl sites for hydroxylation is 1. The standard InChI is InChI=1S/C9H15FN4/c1-6(3-4-11)14-9-8(10)7(2)12-5-13-9/h5-6H,3-4,11H2,1-2H3,(H,12,13,14). The summed E-state index contributed by atoms with van der Waals surface area (Å²) < 4.78 is 13.4. The van der Waals surface area contributed by atoms with Crippen LogP contribution in [0.2, 0.25) is 0 Å². The monoisotopic (exact) mass is 198 g/mol. The lowest BCUT2D eigenvalue weighted by Crippen LogP contribution is -2.21. The Bertz CT molecular complexity index is 303. The molecule has 0 fully saturated rings. The van der Waals surface area contributed by atoms with Gasteiger partial charge in [0.05, 0.1) is 5.69 Å². The molecular formula is C9H15FN4. The Kier molecular flexibility index (Phi) is 3.76. The van der Waals surface area contributed by atoms with Crippen molar-refractivity contribution >= 4 is 5.82 Å². The largest absolute Gasteiger partial charge is 0.365 e. The summed E-state index contributed by atoms with van der Waals surface area (Å²) in [5, 5.41) is 2.95. The minimum absolute atomic E-state index is 0.115. The number of aromatic nitrogens is 2. The van der Waals surface area contributed by atoms with Gasteiger partial charge >= 0.3 is 0 Å². The fourth-order valence-electron chi connectivity index (χ4n) is 1.11. The highest BCUT2D eigenvalue weighted by atomic mass is 19.1. The predicted octanol–water partition coefficient (Wildman–Crippen LogP) is 1.07. The lowest BCUT2D eigenvalue weighted by molar-refractivity contribution is 0.597. The van der Waals surface area contributed by atoms with E-state index in [9.17, 15) is 4.39 Å². The first-order valence-electron chi connectivity index (χ1n) is 4.59. The second-order valence-corrected chi connectivity index (χ2v) is 3.24. The van der Waals surface area contributed by atoms with Crippen LogP contribution >= 0.6 is 0 Å². The Morgan fingerprint density at radius 3 is 2.93 bits per heavy atom. The third-order valence-corrected chi connectivity index (χ3v) is 1.95. The van der Waals surface area contributed by atoms with Crippen LogP contribution in [0.3, 0.4) is 0 Å². The first kappa shape index (κ1) is 10.8. The summed E-state index contributed by atoms with van der Waals surface area (Å²) in [5.74, 6) is -0.144. The molecule has 1 atom stereocenters. The summed E-state index contributed by atoms with van der Waals surface area (Å²) in [6.07, 6.45) is 2.12. The van der Waals surface area contributed by atoms with Crippen LogP contribution in [-0.2, 0) is 0 Å².